The van der Waals surface area contributed by atoms with Gasteiger partial charge in [-0.15, -0.1) is 5.16 Å². The Kier molecular flexibility index (Phi) is 2.18. The number of carbonyl (C=O) groups excluding carboxylic acids is 1. The summed E-state index contributed by atoms with van der Waals surface area (Å²) in [7, 11) is 0. The van der Waals surface area contributed by atoms with Crippen molar-refractivity contribution in [3.05, 3.63) is 29.8 Å². The van der Waals surface area contributed by atoms with Crippen LogP contribution in [0.5, 0.6) is 5.75 Å². The molecule has 0 saturated heterocycles. The Labute approximate surface area is 80.8 Å². The number of fused-ring (bicyclic) bond motifs is 1. The molecule has 0 aromatic heterocycles. The minimum absolute atomic E-state index is 0.0651. The predicted molar refractivity (Wildman–Crippen MR) is 50.0 cm³/mol. The van der Waals surface area contributed by atoms with Crippen LogP contribution in [0, 0.1) is 5.92 Å². The third-order valence-electron chi connectivity index (χ3n) is 2.15. The van der Waals surface area contributed by atoms with Gasteiger partial charge in [0.1, 0.15) is 12.4 Å². The van der Waals surface area contributed by atoms with Crippen molar-refractivity contribution >= 4 is 12.0 Å². The molecule has 1 atom stereocenters. The molecule has 14 heavy (non-hydrogen) atoms. The Balaban J connectivity index is 2.36. The van der Waals surface area contributed by atoms with E-state index in [-0.39, 0.29) is 12.4 Å². The highest BCUT2D eigenvalue weighted by atomic mass is 16.5. The van der Waals surface area contributed by atoms with Crippen LogP contribution >= 0.6 is 0 Å². The summed E-state index contributed by atoms with van der Waals surface area (Å²) in [6.45, 7) is 0.236. The van der Waals surface area contributed by atoms with Crippen LogP contribution in [0.25, 0.3) is 0 Å². The second kappa shape index (κ2) is 3.49. The lowest BCUT2D eigenvalue weighted by Gasteiger charge is -2.20. The second-order valence-corrected chi connectivity index (χ2v) is 3.04. The molecular formula is C10H9NO3. The SMILES string of the molecule is O=C1c2ccccc2OCC1C=NO. The van der Waals surface area contributed by atoms with Crippen molar-refractivity contribution in [3.8, 4) is 5.75 Å². The summed E-state index contributed by atoms with van der Waals surface area (Å²) in [5.74, 6) is 0.0552. The third kappa shape index (κ3) is 1.35. The van der Waals surface area contributed by atoms with E-state index in [1.165, 1.54) is 6.21 Å². The molecule has 1 aliphatic heterocycles. The topological polar surface area (TPSA) is 58.9 Å². The molecule has 0 radical (unpaired) electrons. The van der Waals surface area contributed by atoms with Crippen LogP contribution in [-0.2, 0) is 0 Å². The Morgan fingerprint density at radius 2 is 2.29 bits per heavy atom. The minimum atomic E-state index is -0.477. The Bertz CT molecular complexity index is 387. The summed E-state index contributed by atoms with van der Waals surface area (Å²) in [5.41, 5.74) is 0.545. The van der Waals surface area contributed by atoms with Gasteiger partial charge in [-0.05, 0) is 12.1 Å². The number of rotatable bonds is 1. The van der Waals surface area contributed by atoms with Gasteiger partial charge in [0.25, 0.3) is 0 Å². The average Bonchev–Trinajstić information content (AvgIpc) is 2.23. The number of benzene rings is 1. The van der Waals surface area contributed by atoms with Gasteiger partial charge in [0.15, 0.2) is 5.78 Å². The zero-order valence-corrected chi connectivity index (χ0v) is 7.38. The number of carbonyl (C=O) groups is 1. The number of ether oxygens (including phenoxy) is 1. The van der Waals surface area contributed by atoms with Gasteiger partial charge < -0.3 is 9.94 Å². The maximum absolute atomic E-state index is 11.7. The molecule has 1 aromatic carbocycles. The maximum Gasteiger partial charge on any atom is 0.178 e. The highest BCUT2D eigenvalue weighted by Crippen LogP contribution is 2.25. The maximum atomic E-state index is 11.7. The van der Waals surface area contributed by atoms with E-state index < -0.39 is 5.92 Å². The van der Waals surface area contributed by atoms with Gasteiger partial charge in [-0.2, -0.15) is 0 Å². The number of nitrogens with zero attached hydrogens (tertiary/aromatic N) is 1. The quantitative estimate of drug-likeness (QED) is 0.414. The normalized spacial score (nSPS) is 20.6. The van der Waals surface area contributed by atoms with E-state index in [9.17, 15) is 4.79 Å². The zero-order chi connectivity index (χ0) is 9.97. The van der Waals surface area contributed by atoms with E-state index in [0.717, 1.165) is 0 Å². The van der Waals surface area contributed by atoms with Crippen molar-refractivity contribution in [2.45, 2.75) is 0 Å². The lowest BCUT2D eigenvalue weighted by atomic mass is 9.96. The fourth-order valence-electron chi connectivity index (χ4n) is 1.44. The molecule has 0 amide bonds. The van der Waals surface area contributed by atoms with Crippen molar-refractivity contribution in [2.75, 3.05) is 6.61 Å². The number of hydrogen-bond donors (Lipinski definition) is 1. The minimum Gasteiger partial charge on any atom is -0.492 e. The monoisotopic (exact) mass is 191 g/mol. The first-order valence-corrected chi connectivity index (χ1v) is 4.26. The van der Waals surface area contributed by atoms with Crippen LogP contribution in [0.2, 0.25) is 0 Å². The van der Waals surface area contributed by atoms with Crippen molar-refractivity contribution in [2.24, 2.45) is 11.1 Å². The van der Waals surface area contributed by atoms with E-state index in [1.807, 2.05) is 6.07 Å². The van der Waals surface area contributed by atoms with E-state index in [2.05, 4.69) is 5.16 Å². The fourth-order valence-corrected chi connectivity index (χ4v) is 1.44. The van der Waals surface area contributed by atoms with Crippen LogP contribution < -0.4 is 4.74 Å². The molecule has 2 rings (SSSR count). The van der Waals surface area contributed by atoms with Crippen molar-refractivity contribution < 1.29 is 14.7 Å². The molecule has 1 unspecified atom stereocenters. The lowest BCUT2D eigenvalue weighted by Crippen LogP contribution is -2.28. The summed E-state index contributed by atoms with van der Waals surface area (Å²) in [4.78, 5) is 11.7. The highest BCUT2D eigenvalue weighted by Gasteiger charge is 2.27. The van der Waals surface area contributed by atoms with Crippen LogP contribution in [0.4, 0.5) is 0 Å². The summed E-state index contributed by atoms with van der Waals surface area (Å²) in [6, 6.07) is 7.04. The predicted octanol–water partition coefficient (Wildman–Crippen LogP) is 1.34. The Morgan fingerprint density at radius 3 is 3.07 bits per heavy atom. The van der Waals surface area contributed by atoms with Gasteiger partial charge >= 0.3 is 0 Å². The second-order valence-electron chi connectivity index (χ2n) is 3.04. The molecule has 1 aromatic rings. The Hall–Kier alpha value is -1.84. The smallest absolute Gasteiger partial charge is 0.178 e. The standard InChI is InChI=1S/C10H9NO3/c12-10-7(5-11-13)6-14-9-4-2-1-3-8(9)10/h1-5,7,13H,6H2. The van der Waals surface area contributed by atoms with Gasteiger partial charge in [0.2, 0.25) is 0 Å². The lowest BCUT2D eigenvalue weighted by molar-refractivity contribution is 0.0889. The number of hydrogen-bond acceptors (Lipinski definition) is 4. The van der Waals surface area contributed by atoms with Crippen molar-refractivity contribution in [1.29, 1.82) is 0 Å². The zero-order valence-electron chi connectivity index (χ0n) is 7.38. The molecule has 0 saturated carbocycles. The van der Waals surface area contributed by atoms with E-state index in [1.54, 1.807) is 18.2 Å². The first-order valence-electron chi connectivity index (χ1n) is 4.26. The summed E-state index contributed by atoms with van der Waals surface area (Å²) in [5, 5.41) is 11.2. The van der Waals surface area contributed by atoms with Crippen molar-refractivity contribution in [1.82, 2.24) is 0 Å². The van der Waals surface area contributed by atoms with Crippen LogP contribution in [0.1, 0.15) is 10.4 Å². The van der Waals surface area contributed by atoms with E-state index >= 15 is 0 Å². The molecule has 0 aliphatic carbocycles. The molecule has 1 heterocycles. The molecule has 0 fully saturated rings. The van der Waals surface area contributed by atoms with Gasteiger partial charge in [-0.3, -0.25) is 4.79 Å². The summed E-state index contributed by atoms with van der Waals surface area (Å²) < 4.78 is 5.34. The summed E-state index contributed by atoms with van der Waals surface area (Å²) >= 11 is 0. The first-order chi connectivity index (χ1) is 6.83. The molecule has 72 valence electrons. The third-order valence-corrected chi connectivity index (χ3v) is 2.15. The number of para-hydroxylation sites is 1. The summed E-state index contributed by atoms with van der Waals surface area (Å²) in [6.07, 6.45) is 1.19. The number of ketones is 1. The molecule has 1 aliphatic rings. The van der Waals surface area contributed by atoms with Crippen molar-refractivity contribution in [3.63, 3.8) is 0 Å². The largest absolute Gasteiger partial charge is 0.492 e. The average molecular weight is 191 g/mol. The molecule has 4 nitrogen and oxygen atoms in total. The van der Waals surface area contributed by atoms with Gasteiger partial charge in [0, 0.05) is 0 Å². The van der Waals surface area contributed by atoms with Crippen LogP contribution in [-0.4, -0.2) is 23.8 Å². The number of Topliss-reactive ketones (excluding diaryl/α,β-unsaturated/α-hetero) is 1. The van der Waals surface area contributed by atoms with E-state index in [4.69, 9.17) is 9.94 Å². The molecule has 1 N–H and O–H groups in total. The number of oxime groups is 1. The van der Waals surface area contributed by atoms with Gasteiger partial charge in [-0.25, -0.2) is 0 Å². The van der Waals surface area contributed by atoms with Crippen LogP contribution in [0.15, 0.2) is 29.4 Å². The van der Waals surface area contributed by atoms with E-state index in [0.29, 0.717) is 11.3 Å². The van der Waals surface area contributed by atoms with Gasteiger partial charge in [0.05, 0.1) is 17.7 Å². The Morgan fingerprint density at radius 1 is 1.50 bits per heavy atom. The molecule has 4 heteroatoms. The first kappa shape index (κ1) is 8.74. The highest BCUT2D eigenvalue weighted by molar-refractivity contribution is 6.08. The van der Waals surface area contributed by atoms with Crippen LogP contribution in [0.3, 0.4) is 0 Å². The van der Waals surface area contributed by atoms with Gasteiger partial charge in [-0.1, -0.05) is 12.1 Å². The molecule has 0 spiro atoms. The molecule has 0 bridgehead atoms. The molecular weight excluding hydrogens is 182 g/mol. The fraction of sp³-hybridized carbons (Fsp3) is 0.200.